The molecule has 7 aromatic carbocycles. The van der Waals surface area contributed by atoms with Crippen LogP contribution in [0.4, 0.5) is 28.4 Å². The summed E-state index contributed by atoms with van der Waals surface area (Å²) in [5.41, 5.74) is 23.2. The Morgan fingerprint density at radius 2 is 0.945 bits per heavy atom. The monoisotopic (exact) mass is 710 g/mol. The summed E-state index contributed by atoms with van der Waals surface area (Å²) < 4.78 is 0. The summed E-state index contributed by atoms with van der Waals surface area (Å²) >= 11 is 0. The van der Waals surface area contributed by atoms with E-state index in [1.807, 2.05) is 0 Å². The Hall–Kier alpha value is -5.86. The van der Waals surface area contributed by atoms with Gasteiger partial charge in [0, 0.05) is 34.5 Å². The molecule has 2 unspecified atom stereocenters. The topological polar surface area (TPSA) is 6.48 Å². The van der Waals surface area contributed by atoms with Crippen molar-refractivity contribution in [3.63, 3.8) is 0 Å². The summed E-state index contributed by atoms with van der Waals surface area (Å²) in [6.45, 7) is 4.36. The van der Waals surface area contributed by atoms with Gasteiger partial charge in [0.25, 0.3) is 0 Å². The lowest BCUT2D eigenvalue weighted by molar-refractivity contribution is 0.296. The Kier molecular flexibility index (Phi) is 7.62. The lowest BCUT2D eigenvalue weighted by atomic mass is 9.76. The third kappa shape index (κ3) is 5.53. The molecule has 4 aliphatic carbocycles. The minimum absolute atomic E-state index is 0.481. The van der Waals surface area contributed by atoms with Crippen LogP contribution in [0, 0.1) is 19.8 Å². The van der Waals surface area contributed by atoms with E-state index in [1.165, 1.54) is 110 Å². The van der Waals surface area contributed by atoms with Crippen LogP contribution in [-0.2, 0) is 19.3 Å². The largest absolute Gasteiger partial charge is 0.338 e. The zero-order chi connectivity index (χ0) is 36.6. The van der Waals surface area contributed by atoms with Crippen LogP contribution in [0.2, 0.25) is 0 Å². The number of fused-ring (bicyclic) bond motifs is 9. The number of hydrogen-bond acceptors (Lipinski definition) is 2. The Morgan fingerprint density at radius 3 is 1.62 bits per heavy atom. The second kappa shape index (κ2) is 12.9. The molecule has 0 aliphatic heterocycles. The summed E-state index contributed by atoms with van der Waals surface area (Å²) in [5.74, 6) is 1.43. The summed E-state index contributed by atoms with van der Waals surface area (Å²) in [4.78, 5) is 5.15. The van der Waals surface area contributed by atoms with Gasteiger partial charge in [-0.2, -0.15) is 0 Å². The number of rotatable bonds is 6. The number of nitrogens with zero attached hydrogens (tertiary/aromatic N) is 2. The minimum atomic E-state index is 0.481. The van der Waals surface area contributed by atoms with Crippen LogP contribution in [0.1, 0.15) is 69.7 Å². The second-order valence-electron chi connectivity index (χ2n) is 16.6. The van der Waals surface area contributed by atoms with Crippen LogP contribution < -0.4 is 9.80 Å². The van der Waals surface area contributed by atoms with Crippen molar-refractivity contribution in [1.82, 2.24) is 0 Å². The smallest absolute Gasteiger partial charge is 0.0464 e. The van der Waals surface area contributed by atoms with Gasteiger partial charge < -0.3 is 9.80 Å². The standard InChI is InChI=1S/C53H46N2/c1-34-11-15-42(16-12-34)54(44-19-23-50-38(30-44)27-36-7-3-5-9-48(36)50)46-21-25-52-40(32-46)29-41-33-47(22-26-53(41)52)55(43-17-13-35(2)14-18-43)45-20-24-51-39(31-45)28-37-8-4-6-10-49(37)51/h3-19,21-23,25-26,30,32-33,39,45,51H,20,24,27-29,31H2,1-2H3/t39-,45?,51?/m1/s1. The van der Waals surface area contributed by atoms with Crippen molar-refractivity contribution in [1.29, 1.82) is 0 Å². The Bertz CT molecular complexity index is 2600. The molecule has 0 amide bonds. The molecule has 7 aromatic rings. The molecule has 0 N–H and O–H groups in total. The van der Waals surface area contributed by atoms with Crippen LogP contribution in [0.3, 0.4) is 0 Å². The molecule has 0 aromatic heterocycles. The molecule has 0 spiro atoms. The Morgan fingerprint density at radius 1 is 0.436 bits per heavy atom. The predicted octanol–water partition coefficient (Wildman–Crippen LogP) is 13.6. The van der Waals surface area contributed by atoms with Gasteiger partial charge in [0.15, 0.2) is 0 Å². The lowest BCUT2D eigenvalue weighted by Crippen LogP contribution is -2.37. The van der Waals surface area contributed by atoms with E-state index in [2.05, 4.69) is 175 Å². The van der Waals surface area contributed by atoms with Crippen molar-refractivity contribution in [3.8, 4) is 22.3 Å². The average molecular weight is 711 g/mol. The molecule has 1 saturated carbocycles. The van der Waals surface area contributed by atoms with Crippen molar-refractivity contribution in [2.75, 3.05) is 9.80 Å². The van der Waals surface area contributed by atoms with E-state index in [0.29, 0.717) is 12.0 Å². The number of hydrogen-bond donors (Lipinski definition) is 0. The van der Waals surface area contributed by atoms with E-state index < -0.39 is 0 Å². The quantitative estimate of drug-likeness (QED) is 0.169. The third-order valence-corrected chi connectivity index (χ3v) is 13.3. The zero-order valence-corrected chi connectivity index (χ0v) is 31.8. The third-order valence-electron chi connectivity index (χ3n) is 13.3. The Labute approximate surface area is 325 Å². The summed E-state index contributed by atoms with van der Waals surface area (Å²) in [6.07, 6.45) is 6.87. The highest BCUT2D eigenvalue weighted by atomic mass is 15.2. The van der Waals surface area contributed by atoms with Crippen molar-refractivity contribution in [3.05, 3.63) is 196 Å². The molecule has 3 atom stereocenters. The fraction of sp³-hybridized carbons (Fsp3) is 0.208. The molecule has 11 rings (SSSR count). The van der Waals surface area contributed by atoms with Crippen molar-refractivity contribution in [2.24, 2.45) is 5.92 Å². The normalized spacial score (nSPS) is 18.5. The lowest BCUT2D eigenvalue weighted by Gasteiger charge is -2.41. The molecule has 0 bridgehead atoms. The molecular formula is C53H46N2. The van der Waals surface area contributed by atoms with E-state index in [-0.39, 0.29) is 0 Å². The van der Waals surface area contributed by atoms with Gasteiger partial charge >= 0.3 is 0 Å². The highest BCUT2D eigenvalue weighted by Crippen LogP contribution is 2.50. The van der Waals surface area contributed by atoms with Gasteiger partial charge in [-0.3, -0.25) is 0 Å². The molecule has 2 nitrogen and oxygen atoms in total. The first-order valence-corrected chi connectivity index (χ1v) is 20.3. The predicted molar refractivity (Wildman–Crippen MR) is 230 cm³/mol. The number of anilines is 5. The maximum atomic E-state index is 2.69. The van der Waals surface area contributed by atoms with Crippen LogP contribution >= 0.6 is 0 Å². The maximum absolute atomic E-state index is 2.69. The summed E-state index contributed by atoms with van der Waals surface area (Å²) in [6, 6.07) is 58.4. The second-order valence-corrected chi connectivity index (χ2v) is 16.6. The molecule has 0 saturated heterocycles. The molecule has 2 heteroatoms. The highest BCUT2D eigenvalue weighted by molar-refractivity contribution is 5.86. The van der Waals surface area contributed by atoms with Crippen LogP contribution in [0.25, 0.3) is 22.3 Å². The molecule has 55 heavy (non-hydrogen) atoms. The average Bonchev–Trinajstić information content (AvgIpc) is 3.89. The molecule has 1 fully saturated rings. The van der Waals surface area contributed by atoms with Gasteiger partial charge in [-0.15, -0.1) is 0 Å². The number of aryl methyl sites for hydroxylation is 2. The van der Waals surface area contributed by atoms with Gasteiger partial charge in [0.1, 0.15) is 0 Å². The highest BCUT2D eigenvalue weighted by Gasteiger charge is 2.39. The number of benzene rings is 7. The maximum Gasteiger partial charge on any atom is 0.0464 e. The fourth-order valence-electron chi connectivity index (χ4n) is 10.6. The molecular weight excluding hydrogens is 665 g/mol. The van der Waals surface area contributed by atoms with Crippen LogP contribution in [-0.4, -0.2) is 6.04 Å². The van der Waals surface area contributed by atoms with Gasteiger partial charge in [-0.25, -0.2) is 0 Å². The van der Waals surface area contributed by atoms with Crippen molar-refractivity contribution in [2.45, 2.75) is 64.3 Å². The SMILES string of the molecule is Cc1ccc(N(c2ccc3c(c2)Cc2ccccc2-3)c2ccc3c(c2)Cc2cc(N(c4ccc(C)cc4)C4CCC5c6ccccc6C[C@@H]5C4)ccc2-3)cc1. The van der Waals surface area contributed by atoms with Crippen LogP contribution in [0.15, 0.2) is 152 Å². The van der Waals surface area contributed by atoms with E-state index in [0.717, 1.165) is 18.8 Å². The molecule has 0 heterocycles. The Balaban J connectivity index is 0.928. The first-order valence-electron chi connectivity index (χ1n) is 20.3. The van der Waals surface area contributed by atoms with Crippen molar-refractivity contribution >= 4 is 28.4 Å². The summed E-state index contributed by atoms with van der Waals surface area (Å²) in [5, 5.41) is 0. The summed E-state index contributed by atoms with van der Waals surface area (Å²) in [7, 11) is 0. The zero-order valence-electron chi connectivity index (χ0n) is 31.8. The molecule has 4 aliphatic rings. The minimum Gasteiger partial charge on any atom is -0.338 e. The van der Waals surface area contributed by atoms with Crippen molar-refractivity contribution < 1.29 is 0 Å². The van der Waals surface area contributed by atoms with Gasteiger partial charge in [-0.05, 0) is 181 Å². The van der Waals surface area contributed by atoms with E-state index in [9.17, 15) is 0 Å². The first-order chi connectivity index (χ1) is 27.0. The van der Waals surface area contributed by atoms with Gasteiger partial charge in [0.05, 0.1) is 0 Å². The molecule has 0 radical (unpaired) electrons. The molecule has 268 valence electrons. The van der Waals surface area contributed by atoms with E-state index in [1.54, 1.807) is 11.1 Å². The van der Waals surface area contributed by atoms with E-state index >= 15 is 0 Å². The first kappa shape index (κ1) is 32.6. The van der Waals surface area contributed by atoms with Gasteiger partial charge in [-0.1, -0.05) is 102 Å². The fourth-order valence-corrected chi connectivity index (χ4v) is 10.6. The van der Waals surface area contributed by atoms with Gasteiger partial charge in [0.2, 0.25) is 0 Å². The van der Waals surface area contributed by atoms with Crippen LogP contribution in [0.5, 0.6) is 0 Å². The van der Waals surface area contributed by atoms with E-state index in [4.69, 9.17) is 0 Å².